The Labute approximate surface area is 858 Å². The molecule has 0 aliphatic carbocycles. The van der Waals surface area contributed by atoms with E-state index in [1.165, 1.54) is 46.7 Å². The van der Waals surface area contributed by atoms with Gasteiger partial charge in [0.05, 0.1) is 137 Å². The summed E-state index contributed by atoms with van der Waals surface area (Å²) in [6, 6.07) is 67.9. The lowest BCUT2D eigenvalue weighted by Crippen LogP contribution is -2.30. The normalized spacial score (nSPS) is 12.9. The van der Waals surface area contributed by atoms with Crippen LogP contribution in [0, 0.1) is 64.6 Å². The van der Waals surface area contributed by atoms with Crippen LogP contribution in [0.15, 0.2) is 241 Å². The summed E-state index contributed by atoms with van der Waals surface area (Å²) in [5.41, 5.74) is 25.2. The largest absolute Gasteiger partial charge is 0.469 e. The van der Waals surface area contributed by atoms with Crippen molar-refractivity contribution in [2.45, 2.75) is 235 Å². The highest BCUT2D eigenvalue weighted by molar-refractivity contribution is 9.09. The molecule has 10 rings (SSSR count). The second-order valence-electron chi connectivity index (χ2n) is 34.6. The highest BCUT2D eigenvalue weighted by Gasteiger charge is 2.37. The van der Waals surface area contributed by atoms with Gasteiger partial charge in [0, 0.05) is 32.7 Å². The Morgan fingerprint density at radius 1 is 0.430 bits per heavy atom. The van der Waals surface area contributed by atoms with Crippen LogP contribution in [-0.2, 0) is 98.1 Å². The van der Waals surface area contributed by atoms with E-state index in [9.17, 15) is 33.6 Å². The van der Waals surface area contributed by atoms with Crippen molar-refractivity contribution in [1.29, 1.82) is 0 Å². The molecule has 0 saturated heterocycles. The van der Waals surface area contributed by atoms with Gasteiger partial charge in [-0.25, -0.2) is 9.36 Å². The number of alkyl halides is 2. The van der Waals surface area contributed by atoms with Crippen molar-refractivity contribution in [3.8, 4) is 24.7 Å². The predicted molar refractivity (Wildman–Crippen MR) is 564 cm³/mol. The van der Waals surface area contributed by atoms with Crippen LogP contribution in [0.4, 0.5) is 0 Å². The summed E-state index contributed by atoms with van der Waals surface area (Å²) in [5, 5.41) is 32.5. The molecule has 0 amide bonds. The number of terminal acetylenes is 2. The van der Waals surface area contributed by atoms with Gasteiger partial charge in [0.15, 0.2) is 13.2 Å². The summed E-state index contributed by atoms with van der Waals surface area (Å²) in [5.74, 6) is 2.04. The SMILES string of the molecule is C.C.C.C.C#CCOC(=O)C(C)(C)CC(Br)c1ccccc1.C#CCOC(=O)C(C)(C)CC(N=[N+]=[N-])c1ccccc1.CCC(CC(Br)c1ccccc1)C(=O)OC.CCC(CC(N=[N+]=[N-])c1ccccc1)C(=O)OC.CCc1cn(C(CC(C)(C)C(=O)OC)c2ccccc2)nn1.COC(=O)C(CCCC(CC(c1ccccc1)n1cc(COCc2cnnn2C)nn1)C(=O)OC)CC(C)c1ccccc1. The topological polar surface area (TPSA) is 383 Å². The van der Waals surface area contributed by atoms with E-state index in [0.717, 1.165) is 58.5 Å². The highest BCUT2D eigenvalue weighted by Crippen LogP contribution is 2.40. The van der Waals surface area contributed by atoms with Gasteiger partial charge >= 0.3 is 41.8 Å². The molecule has 142 heavy (non-hydrogen) atoms. The summed E-state index contributed by atoms with van der Waals surface area (Å²) in [6.07, 6.45) is 23.7. The van der Waals surface area contributed by atoms with E-state index < -0.39 is 34.2 Å². The van der Waals surface area contributed by atoms with Gasteiger partial charge in [-0.3, -0.25) is 38.2 Å². The molecule has 10 aromatic rings. The maximum Gasteiger partial charge on any atom is 0.312 e. The number of carbonyl (C=O) groups excluding carboxylic acids is 7. The van der Waals surface area contributed by atoms with Gasteiger partial charge in [-0.15, -0.1) is 28.1 Å². The number of aromatic nitrogens is 9. The molecule has 30 nitrogen and oxygen atoms in total. The van der Waals surface area contributed by atoms with Crippen LogP contribution in [0.5, 0.6) is 0 Å². The smallest absolute Gasteiger partial charge is 0.312 e. The Hall–Kier alpha value is -13.1. The number of azide groups is 2. The first-order valence-electron chi connectivity index (χ1n) is 45.8. The molecule has 0 spiro atoms. The fourth-order valence-electron chi connectivity index (χ4n) is 15.0. The van der Waals surface area contributed by atoms with Crippen LogP contribution in [0.25, 0.3) is 20.9 Å². The Kier molecular flexibility index (Phi) is 61.6. The van der Waals surface area contributed by atoms with E-state index in [0.29, 0.717) is 76.5 Å². The third-order valence-electron chi connectivity index (χ3n) is 23.1. The van der Waals surface area contributed by atoms with E-state index in [4.69, 9.17) is 61.8 Å². The number of hydrogen-bond donors (Lipinski definition) is 0. The van der Waals surface area contributed by atoms with Crippen LogP contribution in [0.1, 0.15) is 272 Å². The molecular weight excluding hydrogens is 1930 g/mol. The lowest BCUT2D eigenvalue weighted by Gasteiger charge is -2.27. The molecule has 7 aromatic carbocycles. The molecule has 0 aliphatic heterocycles. The first kappa shape index (κ1) is 127. The number of nitrogens with zero attached hydrogens (tertiary/aromatic N) is 15. The fraction of sp³-hybridized carbons (Fsp3) is 0.464. The van der Waals surface area contributed by atoms with Crippen molar-refractivity contribution >= 4 is 73.6 Å². The average molecular weight is 2080 g/mol. The average Bonchev–Trinajstić information content (AvgIpc) is 1.85. The van der Waals surface area contributed by atoms with E-state index in [1.807, 2.05) is 261 Å². The Morgan fingerprint density at radius 2 is 0.796 bits per heavy atom. The number of esters is 7. The standard InChI is InChI=1S/C33H42N6O5.C17H23N3O2.C15H17BrO2.C15H17N3O2.C13H17BrO2.C13H17N3O2.4CH4/c1-24(25-12-7-5-8-13-25)18-27(32(40)42-3)16-11-17-28(33(41)43-4)19-31(26-14-9-6-10-15-26)39-21-29(35-37-39)22-44-23-30-20-34-36-38(30)2;1-5-14-12-20(19-18-14)15(13-9-7-6-8-10-13)11-17(2,3)16(21)22-4;1-4-10-18-14(17)15(2,3)11-13(16)12-8-6-5-7-9-12;1-4-10-20-14(19)15(2,3)11-13(17-18-16)12-8-6-5-7-9-12;1-3-10(13(15)16-2)9-12(14)11-7-5-4-6-8-11;1-3-10(13(17)18-2)9-12(15-16-14)11-7-5-4-6-8-11;;;;/h5-10,12-15,20-21,24,27-28,31H,11,16-19,22-23H2,1-4H3;6-10,12,15H,5,11H2,1-4H3;1,5-9,13H,10-11H2,2-3H3;1,5-9,13H,10-11H2,2-3H3;4-8,10,12H,3,9H2,1-2H3;4-8,10,12H,3,9H2,1-2H3;4*1H4. The molecule has 3 aromatic heterocycles. The zero-order valence-electron chi connectivity index (χ0n) is 82.1. The molecular formula is C110H149Br2N15O15. The minimum Gasteiger partial charge on any atom is -0.469 e. The number of rotatable bonds is 45. The third-order valence-corrected chi connectivity index (χ3v) is 24.9. The number of aryl methyl sites for hydroxylation is 2. The van der Waals surface area contributed by atoms with Crippen molar-refractivity contribution in [1.82, 2.24) is 45.0 Å². The summed E-state index contributed by atoms with van der Waals surface area (Å²) in [4.78, 5) is 90.6. The van der Waals surface area contributed by atoms with Crippen molar-refractivity contribution in [2.24, 2.45) is 57.2 Å². The molecule has 11 atom stereocenters. The van der Waals surface area contributed by atoms with E-state index in [2.05, 4.69) is 126 Å². The van der Waals surface area contributed by atoms with E-state index in [-0.39, 0.29) is 137 Å². The molecule has 0 aliphatic rings. The van der Waals surface area contributed by atoms with Crippen LogP contribution in [-0.4, -0.2) is 136 Å². The van der Waals surface area contributed by atoms with Gasteiger partial charge < -0.3 is 37.9 Å². The molecule has 0 fully saturated rings. The number of carbonyl (C=O) groups is 7. The molecule has 768 valence electrons. The Morgan fingerprint density at radius 3 is 1.20 bits per heavy atom. The number of ether oxygens (including phenoxy) is 8. The second kappa shape index (κ2) is 68.9. The van der Waals surface area contributed by atoms with Crippen molar-refractivity contribution in [3.05, 3.63) is 308 Å². The lowest BCUT2D eigenvalue weighted by molar-refractivity contribution is -0.153. The van der Waals surface area contributed by atoms with Gasteiger partial charge in [0.25, 0.3) is 0 Å². The number of methoxy groups -OCH3 is 5. The predicted octanol–water partition coefficient (Wildman–Crippen LogP) is 25.3. The van der Waals surface area contributed by atoms with Gasteiger partial charge in [0.2, 0.25) is 0 Å². The lowest BCUT2D eigenvalue weighted by atomic mass is 9.83. The molecule has 0 bridgehead atoms. The maximum absolute atomic E-state index is 13.0. The second-order valence-corrected chi connectivity index (χ2v) is 36.9. The minimum absolute atomic E-state index is 0. The molecule has 3 heterocycles. The van der Waals surface area contributed by atoms with Gasteiger partial charge in [-0.05, 0) is 175 Å². The molecule has 0 saturated carbocycles. The van der Waals surface area contributed by atoms with Crippen molar-refractivity contribution in [2.75, 3.05) is 48.8 Å². The van der Waals surface area contributed by atoms with Gasteiger partial charge in [-0.2, -0.15) is 0 Å². The van der Waals surface area contributed by atoms with Crippen molar-refractivity contribution < 1.29 is 71.5 Å². The number of benzene rings is 7. The summed E-state index contributed by atoms with van der Waals surface area (Å²) < 4.78 is 45.9. The molecule has 32 heteroatoms. The fourth-order valence-corrected chi connectivity index (χ4v) is 16.9. The minimum atomic E-state index is -0.786. The van der Waals surface area contributed by atoms with Crippen LogP contribution in [0.3, 0.4) is 0 Å². The number of halogens is 2. The quantitative estimate of drug-likeness (QED) is 0.00650. The molecule has 0 N–H and O–H groups in total. The first-order valence-corrected chi connectivity index (χ1v) is 47.6. The third kappa shape index (κ3) is 44.0. The van der Waals surface area contributed by atoms with Crippen LogP contribution < -0.4 is 0 Å². The molecule has 11 unspecified atom stereocenters. The van der Waals surface area contributed by atoms with E-state index >= 15 is 0 Å². The maximum atomic E-state index is 13.0. The summed E-state index contributed by atoms with van der Waals surface area (Å²) in [7, 11) is 8.89. The zero-order valence-corrected chi connectivity index (χ0v) is 85.2. The monoisotopic (exact) mass is 2080 g/mol. The molecule has 0 radical (unpaired) electrons. The van der Waals surface area contributed by atoms with Gasteiger partial charge in [0.1, 0.15) is 5.69 Å². The Bertz CT molecular complexity index is 5440. The summed E-state index contributed by atoms with van der Waals surface area (Å²) >= 11 is 7.23. The van der Waals surface area contributed by atoms with Crippen LogP contribution in [0.2, 0.25) is 0 Å². The number of hydrogen-bond acceptors (Lipinski definition) is 23. The Balaban J connectivity index is 0.000000889. The summed E-state index contributed by atoms with van der Waals surface area (Å²) in [6.45, 7) is 19.7. The zero-order chi connectivity index (χ0) is 101. The first-order chi connectivity index (χ1) is 66.3. The van der Waals surface area contributed by atoms with Crippen LogP contribution >= 0.6 is 31.9 Å². The van der Waals surface area contributed by atoms with Crippen molar-refractivity contribution in [3.63, 3.8) is 0 Å². The van der Waals surface area contributed by atoms with E-state index in [1.54, 1.807) is 29.4 Å². The van der Waals surface area contributed by atoms with Gasteiger partial charge in [-0.1, -0.05) is 346 Å². The highest BCUT2D eigenvalue weighted by atomic mass is 79.9.